The number of ether oxygens (including phenoxy) is 1. The van der Waals surface area contributed by atoms with Gasteiger partial charge in [-0.05, 0) is 36.3 Å². The highest BCUT2D eigenvalue weighted by Crippen LogP contribution is 2.21. The van der Waals surface area contributed by atoms with Crippen LogP contribution < -0.4 is 5.32 Å². The summed E-state index contributed by atoms with van der Waals surface area (Å²) < 4.78 is 4.64. The van der Waals surface area contributed by atoms with Gasteiger partial charge in [0.1, 0.15) is 0 Å². The number of carbonyl (C=O) groups is 2. The minimum atomic E-state index is -0.373. The third-order valence-electron chi connectivity index (χ3n) is 2.39. The number of carbonyl (C=O) groups excluding carboxylic acids is 2. The van der Waals surface area contributed by atoms with Crippen LogP contribution in [-0.2, 0) is 16.0 Å². The molecule has 1 aliphatic rings. The Morgan fingerprint density at radius 1 is 1.44 bits per heavy atom. The molecule has 0 bridgehead atoms. The number of esters is 1. The number of nitrogens with one attached hydrogen (secondary N) is 1. The Labute approximate surface area is 92.9 Å². The second kappa shape index (κ2) is 4.18. The second-order valence-corrected chi connectivity index (χ2v) is 3.46. The van der Waals surface area contributed by atoms with E-state index in [9.17, 15) is 9.59 Å². The fraction of sp³-hybridized carbons (Fsp3) is 0.167. The van der Waals surface area contributed by atoms with Crippen molar-refractivity contribution in [3.63, 3.8) is 0 Å². The molecule has 0 saturated carbocycles. The lowest BCUT2D eigenvalue weighted by atomic mass is 10.1. The molecule has 0 fully saturated rings. The van der Waals surface area contributed by atoms with Crippen LogP contribution in [0.1, 0.15) is 15.9 Å². The smallest absolute Gasteiger partial charge is 0.337 e. The van der Waals surface area contributed by atoms with Crippen molar-refractivity contribution in [1.82, 2.24) is 0 Å². The highest BCUT2D eigenvalue weighted by Gasteiger charge is 2.12. The van der Waals surface area contributed by atoms with Crippen molar-refractivity contribution in [1.29, 1.82) is 0 Å². The number of amides is 1. The molecular formula is C12H11NO3. The number of anilines is 1. The molecule has 0 unspecified atom stereocenters. The molecule has 0 aromatic heterocycles. The molecule has 1 aromatic rings. The predicted molar refractivity (Wildman–Crippen MR) is 59.3 cm³/mol. The maximum Gasteiger partial charge on any atom is 0.337 e. The zero-order chi connectivity index (χ0) is 11.5. The summed E-state index contributed by atoms with van der Waals surface area (Å²) in [5.41, 5.74) is 2.14. The summed E-state index contributed by atoms with van der Waals surface area (Å²) in [6.45, 7) is 0. The minimum Gasteiger partial charge on any atom is -0.465 e. The highest BCUT2D eigenvalue weighted by atomic mass is 16.5. The Balaban J connectivity index is 2.39. The van der Waals surface area contributed by atoms with Crippen LogP contribution >= 0.6 is 0 Å². The van der Waals surface area contributed by atoms with Gasteiger partial charge in [-0.25, -0.2) is 4.79 Å². The van der Waals surface area contributed by atoms with Crippen LogP contribution in [0.15, 0.2) is 30.4 Å². The van der Waals surface area contributed by atoms with E-state index in [0.29, 0.717) is 12.0 Å². The molecule has 16 heavy (non-hydrogen) atoms. The van der Waals surface area contributed by atoms with Crippen LogP contribution in [0.2, 0.25) is 0 Å². The van der Waals surface area contributed by atoms with Crippen molar-refractivity contribution < 1.29 is 14.3 Å². The molecule has 1 aliphatic heterocycles. The molecule has 0 saturated heterocycles. The Hall–Kier alpha value is -2.10. The highest BCUT2D eigenvalue weighted by molar-refractivity contribution is 6.01. The maximum atomic E-state index is 11.3. The van der Waals surface area contributed by atoms with E-state index in [2.05, 4.69) is 10.1 Å². The molecule has 1 N–H and O–H groups in total. The van der Waals surface area contributed by atoms with Gasteiger partial charge in [-0.1, -0.05) is 6.08 Å². The first-order chi connectivity index (χ1) is 7.70. The summed E-state index contributed by atoms with van der Waals surface area (Å²) in [7, 11) is 1.34. The van der Waals surface area contributed by atoms with Gasteiger partial charge in [-0.2, -0.15) is 0 Å². The van der Waals surface area contributed by atoms with Gasteiger partial charge in [-0.3, -0.25) is 4.79 Å². The molecular weight excluding hydrogens is 206 g/mol. The summed E-state index contributed by atoms with van der Waals surface area (Å²) in [5.74, 6) is -0.521. The van der Waals surface area contributed by atoms with Gasteiger partial charge >= 0.3 is 5.97 Å². The third kappa shape index (κ3) is 1.95. The standard InChI is InChI=1S/C12H11NO3/c1-16-12(15)9-5-6-10-8(7-9)3-2-4-11(14)13-10/h2,4-7H,3H2,1H3,(H,13,14). The van der Waals surface area contributed by atoms with Crippen molar-refractivity contribution in [3.05, 3.63) is 41.5 Å². The Morgan fingerprint density at radius 2 is 2.25 bits per heavy atom. The number of methoxy groups -OCH3 is 1. The maximum absolute atomic E-state index is 11.3. The van der Waals surface area contributed by atoms with Crippen molar-refractivity contribution in [2.45, 2.75) is 6.42 Å². The Bertz CT molecular complexity index is 477. The van der Waals surface area contributed by atoms with E-state index in [1.807, 2.05) is 0 Å². The molecule has 0 atom stereocenters. The SMILES string of the molecule is COC(=O)c1ccc2c(c1)CC=CC(=O)N2. The molecule has 0 spiro atoms. The van der Waals surface area contributed by atoms with Crippen molar-refractivity contribution in [2.24, 2.45) is 0 Å². The number of fused-ring (bicyclic) bond motifs is 1. The van der Waals surface area contributed by atoms with E-state index in [0.717, 1.165) is 11.3 Å². The van der Waals surface area contributed by atoms with Gasteiger partial charge in [0.2, 0.25) is 5.91 Å². The Morgan fingerprint density at radius 3 is 3.00 bits per heavy atom. The Kier molecular flexibility index (Phi) is 2.72. The topological polar surface area (TPSA) is 55.4 Å². The number of hydrogen-bond donors (Lipinski definition) is 1. The molecule has 4 heteroatoms. The minimum absolute atomic E-state index is 0.149. The lowest BCUT2D eigenvalue weighted by Gasteiger charge is -2.08. The summed E-state index contributed by atoms with van der Waals surface area (Å²) in [4.78, 5) is 22.6. The predicted octanol–water partition coefficient (Wildman–Crippen LogP) is 1.52. The first kappa shape index (κ1) is 10.4. The van der Waals surface area contributed by atoms with E-state index < -0.39 is 0 Å². The average Bonchev–Trinajstić information content (AvgIpc) is 2.47. The fourth-order valence-electron chi connectivity index (χ4n) is 1.60. The number of rotatable bonds is 1. The normalized spacial score (nSPS) is 13.7. The van der Waals surface area contributed by atoms with Gasteiger partial charge in [0.05, 0.1) is 12.7 Å². The van der Waals surface area contributed by atoms with Gasteiger partial charge in [-0.15, -0.1) is 0 Å². The van der Waals surface area contributed by atoms with Gasteiger partial charge < -0.3 is 10.1 Å². The number of allylic oxidation sites excluding steroid dienone is 1. The molecule has 0 radical (unpaired) electrons. The zero-order valence-corrected chi connectivity index (χ0v) is 8.82. The van der Waals surface area contributed by atoms with Crippen LogP contribution in [0, 0.1) is 0 Å². The lowest BCUT2D eigenvalue weighted by Crippen LogP contribution is -2.08. The quantitative estimate of drug-likeness (QED) is 0.726. The monoisotopic (exact) mass is 217 g/mol. The molecule has 1 aromatic carbocycles. The summed E-state index contributed by atoms with van der Waals surface area (Å²) in [5, 5.41) is 2.73. The van der Waals surface area contributed by atoms with E-state index in [1.165, 1.54) is 13.2 Å². The molecule has 4 nitrogen and oxygen atoms in total. The molecule has 82 valence electrons. The fourth-order valence-corrected chi connectivity index (χ4v) is 1.60. The van der Waals surface area contributed by atoms with Crippen LogP contribution in [0.25, 0.3) is 0 Å². The van der Waals surface area contributed by atoms with Gasteiger partial charge in [0.15, 0.2) is 0 Å². The molecule has 0 aliphatic carbocycles. The summed E-state index contributed by atoms with van der Waals surface area (Å²) in [6.07, 6.45) is 3.87. The van der Waals surface area contributed by atoms with Crippen molar-refractivity contribution in [3.8, 4) is 0 Å². The number of benzene rings is 1. The first-order valence-electron chi connectivity index (χ1n) is 4.89. The van der Waals surface area contributed by atoms with Crippen molar-refractivity contribution in [2.75, 3.05) is 12.4 Å². The van der Waals surface area contributed by atoms with Gasteiger partial charge in [0.25, 0.3) is 0 Å². The van der Waals surface area contributed by atoms with Crippen molar-refractivity contribution >= 4 is 17.6 Å². The summed E-state index contributed by atoms with van der Waals surface area (Å²) >= 11 is 0. The van der Waals surface area contributed by atoms with E-state index in [4.69, 9.17) is 0 Å². The van der Waals surface area contributed by atoms with Crippen LogP contribution in [0.5, 0.6) is 0 Å². The average molecular weight is 217 g/mol. The molecule has 1 heterocycles. The van der Waals surface area contributed by atoms with Crippen LogP contribution in [0.3, 0.4) is 0 Å². The first-order valence-corrected chi connectivity index (χ1v) is 4.89. The summed E-state index contributed by atoms with van der Waals surface area (Å²) in [6, 6.07) is 5.08. The van der Waals surface area contributed by atoms with E-state index in [1.54, 1.807) is 24.3 Å². The zero-order valence-electron chi connectivity index (χ0n) is 8.82. The van der Waals surface area contributed by atoms with E-state index >= 15 is 0 Å². The molecule has 1 amide bonds. The molecule has 2 rings (SSSR count). The number of hydrogen-bond acceptors (Lipinski definition) is 3. The van der Waals surface area contributed by atoms with E-state index in [-0.39, 0.29) is 11.9 Å². The van der Waals surface area contributed by atoms with Gasteiger partial charge in [0, 0.05) is 5.69 Å². The van der Waals surface area contributed by atoms with Crippen LogP contribution in [-0.4, -0.2) is 19.0 Å². The van der Waals surface area contributed by atoms with Crippen LogP contribution in [0.4, 0.5) is 5.69 Å². The second-order valence-electron chi connectivity index (χ2n) is 3.46. The third-order valence-corrected chi connectivity index (χ3v) is 2.39. The largest absolute Gasteiger partial charge is 0.465 e. The lowest BCUT2D eigenvalue weighted by molar-refractivity contribution is -0.111.